The number of hydrogen-bond donors (Lipinski definition) is 0. The molecule has 0 saturated carbocycles. The van der Waals surface area contributed by atoms with Crippen molar-refractivity contribution in [3.05, 3.63) is 140 Å². The second kappa shape index (κ2) is 8.30. The molecule has 10 rings (SSSR count). The first-order valence-corrected chi connectivity index (χ1v) is 14.5. The van der Waals surface area contributed by atoms with E-state index in [1.165, 1.54) is 49.0 Å². The Morgan fingerprint density at radius 3 is 1.84 bits per heavy atom. The quantitative estimate of drug-likeness (QED) is 0.202. The zero-order valence-corrected chi connectivity index (χ0v) is 23.0. The minimum atomic E-state index is 0.909. The summed E-state index contributed by atoms with van der Waals surface area (Å²) in [6, 6.07) is 43.6. The molecular weight excluding hydrogens is 526 g/mol. The molecule has 5 nitrogen and oxygen atoms in total. The summed E-state index contributed by atoms with van der Waals surface area (Å²) in [5, 5.41) is 8.32. The second-order valence-corrected chi connectivity index (χ2v) is 11.1. The van der Waals surface area contributed by atoms with Gasteiger partial charge in [0.25, 0.3) is 0 Å². The molecule has 0 N–H and O–H groups in total. The van der Waals surface area contributed by atoms with Crippen LogP contribution in [0.25, 0.3) is 82.4 Å². The number of hydrogen-bond acceptors (Lipinski definition) is 2. The second-order valence-electron chi connectivity index (χ2n) is 11.1. The van der Waals surface area contributed by atoms with E-state index >= 15 is 0 Å². The highest BCUT2D eigenvalue weighted by molar-refractivity contribution is 6.28. The summed E-state index contributed by atoms with van der Waals surface area (Å²) >= 11 is 0. The van der Waals surface area contributed by atoms with E-state index in [0.29, 0.717) is 0 Å². The number of pyridine rings is 2. The van der Waals surface area contributed by atoms with Crippen molar-refractivity contribution in [2.24, 2.45) is 0 Å². The van der Waals surface area contributed by atoms with E-state index in [4.69, 9.17) is 9.97 Å². The number of fused-ring (bicyclic) bond motifs is 13. The van der Waals surface area contributed by atoms with Crippen molar-refractivity contribution in [1.29, 1.82) is 0 Å². The molecule has 0 aliphatic rings. The van der Waals surface area contributed by atoms with Gasteiger partial charge in [0.1, 0.15) is 11.3 Å². The summed E-state index contributed by atoms with van der Waals surface area (Å²) in [6.07, 6.45) is 5.72. The lowest BCUT2D eigenvalue weighted by Crippen LogP contribution is -1.98. The lowest BCUT2D eigenvalue weighted by Gasteiger charge is -2.13. The summed E-state index contributed by atoms with van der Waals surface area (Å²) in [4.78, 5) is 9.61. The van der Waals surface area contributed by atoms with Gasteiger partial charge in [-0.15, -0.1) is 0 Å². The van der Waals surface area contributed by atoms with Crippen LogP contribution in [0.5, 0.6) is 0 Å². The normalized spacial score (nSPS) is 12.2. The minimum absolute atomic E-state index is 0.909. The molecule has 10 aromatic rings. The maximum Gasteiger partial charge on any atom is 0.146 e. The van der Waals surface area contributed by atoms with Gasteiger partial charge in [0, 0.05) is 67.7 Å². The Balaban J connectivity index is 1.49. The van der Waals surface area contributed by atoms with Crippen LogP contribution in [0.4, 0.5) is 0 Å². The van der Waals surface area contributed by atoms with Crippen molar-refractivity contribution in [2.75, 3.05) is 0 Å². The molecule has 43 heavy (non-hydrogen) atoms. The van der Waals surface area contributed by atoms with Gasteiger partial charge in [-0.2, -0.15) is 0 Å². The largest absolute Gasteiger partial charge is 0.309 e. The van der Waals surface area contributed by atoms with Crippen LogP contribution in [-0.4, -0.2) is 23.5 Å². The van der Waals surface area contributed by atoms with Crippen molar-refractivity contribution in [1.82, 2.24) is 23.5 Å². The molecule has 0 atom stereocenters. The first-order chi connectivity index (χ1) is 21.4. The Hall–Kier alpha value is -5.94. The Bertz CT molecular complexity index is 2710. The van der Waals surface area contributed by atoms with Crippen LogP contribution in [0.15, 0.2) is 140 Å². The van der Waals surface area contributed by atoms with Crippen LogP contribution in [0.3, 0.4) is 0 Å². The minimum Gasteiger partial charge on any atom is -0.309 e. The summed E-state index contributed by atoms with van der Waals surface area (Å²) in [6.45, 7) is 0. The highest BCUT2D eigenvalue weighted by atomic mass is 15.0. The van der Waals surface area contributed by atoms with Crippen LogP contribution >= 0.6 is 0 Å². The number of benzene rings is 5. The van der Waals surface area contributed by atoms with Gasteiger partial charge in [-0.1, -0.05) is 60.7 Å². The average Bonchev–Trinajstić information content (AvgIpc) is 3.77. The standard InChI is InChI=1S/C38H23N5/c1-3-10-24(11-4-1)42-32-16-8-7-14-26(32)30-22-31-27-17-18-29-35(28-15-9-19-39-37(28)41-21-20-40-38(29)41)36(27)43(34(31)23-33(30)42)25-12-5-2-6-13-25/h1-23H. The molecule has 200 valence electrons. The van der Waals surface area contributed by atoms with Gasteiger partial charge in [0.15, 0.2) is 0 Å². The summed E-state index contributed by atoms with van der Waals surface area (Å²) in [7, 11) is 0. The van der Waals surface area contributed by atoms with Crippen LogP contribution in [0, 0.1) is 0 Å². The van der Waals surface area contributed by atoms with Gasteiger partial charge in [-0.05, 0) is 60.7 Å². The van der Waals surface area contributed by atoms with E-state index < -0.39 is 0 Å². The molecule has 5 aromatic carbocycles. The maximum absolute atomic E-state index is 4.82. The predicted molar refractivity (Wildman–Crippen MR) is 177 cm³/mol. The van der Waals surface area contributed by atoms with Gasteiger partial charge in [-0.3, -0.25) is 4.40 Å². The van der Waals surface area contributed by atoms with Gasteiger partial charge < -0.3 is 9.13 Å². The molecule has 5 heterocycles. The summed E-state index contributed by atoms with van der Waals surface area (Å²) in [5.41, 5.74) is 8.83. The number of para-hydroxylation sites is 3. The van der Waals surface area contributed by atoms with E-state index in [2.05, 4.69) is 129 Å². The van der Waals surface area contributed by atoms with Crippen LogP contribution in [0.2, 0.25) is 0 Å². The first kappa shape index (κ1) is 22.7. The van der Waals surface area contributed by atoms with Crippen molar-refractivity contribution >= 4 is 71.1 Å². The molecule has 0 amide bonds. The Kier molecular flexibility index (Phi) is 4.39. The number of nitrogens with zero attached hydrogens (tertiary/aromatic N) is 5. The zero-order valence-electron chi connectivity index (χ0n) is 23.0. The molecule has 0 spiro atoms. The van der Waals surface area contributed by atoms with Crippen molar-refractivity contribution in [3.8, 4) is 11.4 Å². The van der Waals surface area contributed by atoms with Gasteiger partial charge in [0.05, 0.1) is 22.1 Å². The molecule has 5 aromatic heterocycles. The highest BCUT2D eigenvalue weighted by Crippen LogP contribution is 2.43. The van der Waals surface area contributed by atoms with Crippen molar-refractivity contribution in [3.63, 3.8) is 0 Å². The third-order valence-electron chi connectivity index (χ3n) is 8.92. The molecule has 0 bridgehead atoms. The number of imidazole rings is 1. The van der Waals surface area contributed by atoms with E-state index in [-0.39, 0.29) is 0 Å². The number of rotatable bonds is 2. The van der Waals surface area contributed by atoms with Crippen molar-refractivity contribution < 1.29 is 0 Å². The zero-order chi connectivity index (χ0) is 28.1. The van der Waals surface area contributed by atoms with Crippen LogP contribution in [0.1, 0.15) is 0 Å². The van der Waals surface area contributed by atoms with E-state index in [9.17, 15) is 0 Å². The Morgan fingerprint density at radius 2 is 1.02 bits per heavy atom. The first-order valence-electron chi connectivity index (χ1n) is 14.5. The lowest BCUT2D eigenvalue weighted by atomic mass is 10.0. The maximum atomic E-state index is 4.82. The fourth-order valence-corrected chi connectivity index (χ4v) is 7.18. The third kappa shape index (κ3) is 2.95. The fourth-order valence-electron chi connectivity index (χ4n) is 7.18. The lowest BCUT2D eigenvalue weighted by molar-refractivity contribution is 1.17. The van der Waals surface area contributed by atoms with Gasteiger partial charge >= 0.3 is 0 Å². The fraction of sp³-hybridized carbons (Fsp3) is 0. The molecule has 5 heteroatoms. The molecule has 0 fully saturated rings. The monoisotopic (exact) mass is 549 g/mol. The van der Waals surface area contributed by atoms with Gasteiger partial charge in [0.2, 0.25) is 0 Å². The van der Waals surface area contributed by atoms with Crippen LogP contribution in [-0.2, 0) is 0 Å². The molecule has 0 aliphatic heterocycles. The molecule has 0 aliphatic carbocycles. The van der Waals surface area contributed by atoms with Gasteiger partial charge in [-0.25, -0.2) is 9.97 Å². The molecule has 0 unspecified atom stereocenters. The topological polar surface area (TPSA) is 40.1 Å². The van der Waals surface area contributed by atoms with E-state index in [1.54, 1.807) is 0 Å². The third-order valence-corrected chi connectivity index (χ3v) is 8.92. The Morgan fingerprint density at radius 1 is 0.419 bits per heavy atom. The summed E-state index contributed by atoms with van der Waals surface area (Å²) in [5.74, 6) is 0. The average molecular weight is 550 g/mol. The Labute approximate surface area is 245 Å². The summed E-state index contributed by atoms with van der Waals surface area (Å²) < 4.78 is 6.93. The van der Waals surface area contributed by atoms with E-state index in [1.807, 2.05) is 24.7 Å². The smallest absolute Gasteiger partial charge is 0.146 e. The predicted octanol–water partition coefficient (Wildman–Crippen LogP) is 9.23. The SMILES string of the molecule is c1ccc(-n2c3ccccc3c3cc4c5ccc6c(c7cccnc7n7ccnc67)c5n(-c5ccccc5)c4cc32)cc1. The van der Waals surface area contributed by atoms with Crippen LogP contribution < -0.4 is 0 Å². The number of aromatic nitrogens is 5. The molecular formula is C38H23N5. The van der Waals surface area contributed by atoms with E-state index in [0.717, 1.165) is 33.4 Å². The molecule has 0 radical (unpaired) electrons. The highest BCUT2D eigenvalue weighted by Gasteiger charge is 2.22. The molecule has 0 saturated heterocycles. The van der Waals surface area contributed by atoms with Crippen molar-refractivity contribution in [2.45, 2.75) is 0 Å².